The second-order valence-corrected chi connectivity index (χ2v) is 6.29. The van der Waals surface area contributed by atoms with Crippen molar-refractivity contribution in [1.29, 1.82) is 0 Å². The lowest BCUT2D eigenvalue weighted by molar-refractivity contribution is 0.0206. The topological polar surface area (TPSA) is 32.5 Å². The van der Waals surface area contributed by atoms with Crippen LogP contribution in [0.2, 0.25) is 0 Å². The van der Waals surface area contributed by atoms with E-state index in [1.165, 1.54) is 19.0 Å². The monoisotopic (exact) mass is 277 g/mol. The molecule has 0 radical (unpaired) electrons. The first kappa shape index (κ1) is 14.0. The van der Waals surface area contributed by atoms with Gasteiger partial charge in [-0.1, -0.05) is 18.2 Å². The highest BCUT2D eigenvalue weighted by molar-refractivity contribution is 5.18. The predicted molar refractivity (Wildman–Crippen MR) is 78.8 cm³/mol. The van der Waals surface area contributed by atoms with Crippen LogP contribution in [0.25, 0.3) is 0 Å². The van der Waals surface area contributed by atoms with Gasteiger partial charge in [-0.25, -0.2) is 4.39 Å². The summed E-state index contributed by atoms with van der Waals surface area (Å²) in [6.45, 7) is 4.77. The molecule has 2 aliphatic heterocycles. The van der Waals surface area contributed by atoms with E-state index >= 15 is 0 Å². The molecule has 2 saturated heterocycles. The SMILES string of the molecule is CN(Cc1ccccc1F)C1(CN)CCN2CCC1C2. The van der Waals surface area contributed by atoms with E-state index in [0.717, 1.165) is 25.1 Å². The number of nitrogens with zero attached hydrogens (tertiary/aromatic N) is 2. The third-order valence-electron chi connectivity index (χ3n) is 5.37. The van der Waals surface area contributed by atoms with Gasteiger partial charge in [-0.2, -0.15) is 0 Å². The Morgan fingerprint density at radius 1 is 1.40 bits per heavy atom. The molecule has 3 atom stereocenters. The predicted octanol–water partition coefficient (Wildman–Crippen LogP) is 1.68. The Hall–Kier alpha value is -0.970. The number of fused-ring (bicyclic) bond motifs is 2. The smallest absolute Gasteiger partial charge is 0.127 e. The minimum absolute atomic E-state index is 0.0370. The Labute approximate surface area is 120 Å². The van der Waals surface area contributed by atoms with E-state index in [-0.39, 0.29) is 11.4 Å². The van der Waals surface area contributed by atoms with Crippen molar-refractivity contribution in [2.45, 2.75) is 24.9 Å². The Morgan fingerprint density at radius 2 is 2.20 bits per heavy atom. The molecule has 1 aromatic carbocycles. The molecule has 4 heteroatoms. The van der Waals surface area contributed by atoms with Crippen molar-refractivity contribution in [2.75, 3.05) is 33.2 Å². The van der Waals surface area contributed by atoms with Gasteiger partial charge in [0.25, 0.3) is 0 Å². The van der Waals surface area contributed by atoms with E-state index in [4.69, 9.17) is 5.73 Å². The molecule has 0 aromatic heterocycles. The molecule has 2 N–H and O–H groups in total. The molecular formula is C16H24FN3. The molecule has 110 valence electrons. The number of hydrogen-bond acceptors (Lipinski definition) is 3. The highest BCUT2D eigenvalue weighted by Crippen LogP contribution is 2.39. The summed E-state index contributed by atoms with van der Waals surface area (Å²) in [5, 5.41) is 0. The first-order chi connectivity index (χ1) is 9.65. The molecule has 2 bridgehead atoms. The van der Waals surface area contributed by atoms with Crippen LogP contribution in [-0.4, -0.2) is 48.6 Å². The van der Waals surface area contributed by atoms with Crippen molar-refractivity contribution in [2.24, 2.45) is 11.7 Å². The van der Waals surface area contributed by atoms with Crippen LogP contribution in [0.15, 0.2) is 24.3 Å². The zero-order chi connectivity index (χ0) is 14.2. The maximum atomic E-state index is 13.9. The molecule has 2 aliphatic rings. The largest absolute Gasteiger partial charge is 0.329 e. The minimum atomic E-state index is -0.115. The second-order valence-electron chi connectivity index (χ2n) is 6.29. The minimum Gasteiger partial charge on any atom is -0.329 e. The Morgan fingerprint density at radius 3 is 2.95 bits per heavy atom. The summed E-state index contributed by atoms with van der Waals surface area (Å²) in [6, 6.07) is 7.06. The molecule has 0 amide bonds. The summed E-state index contributed by atoms with van der Waals surface area (Å²) < 4.78 is 13.9. The molecule has 0 saturated carbocycles. The highest BCUT2D eigenvalue weighted by Gasteiger charge is 2.47. The van der Waals surface area contributed by atoms with Crippen molar-refractivity contribution < 1.29 is 4.39 Å². The Bertz CT molecular complexity index is 479. The fourth-order valence-electron chi connectivity index (χ4n) is 4.00. The van der Waals surface area contributed by atoms with Gasteiger partial charge in [0.15, 0.2) is 0 Å². The number of halogens is 1. The lowest BCUT2D eigenvalue weighted by Crippen LogP contribution is -2.60. The second kappa shape index (κ2) is 5.43. The maximum absolute atomic E-state index is 13.9. The average molecular weight is 277 g/mol. The van der Waals surface area contributed by atoms with Crippen LogP contribution in [0.3, 0.4) is 0 Å². The van der Waals surface area contributed by atoms with Crippen molar-refractivity contribution in [3.05, 3.63) is 35.6 Å². The maximum Gasteiger partial charge on any atom is 0.127 e. The summed E-state index contributed by atoms with van der Waals surface area (Å²) in [5.74, 6) is 0.508. The summed E-state index contributed by atoms with van der Waals surface area (Å²) in [5.41, 5.74) is 6.97. The van der Waals surface area contributed by atoms with Gasteiger partial charge in [0, 0.05) is 30.7 Å². The molecule has 2 fully saturated rings. The molecule has 20 heavy (non-hydrogen) atoms. The van der Waals surface area contributed by atoms with E-state index in [0.29, 0.717) is 19.0 Å². The van der Waals surface area contributed by atoms with Gasteiger partial charge in [-0.15, -0.1) is 0 Å². The van der Waals surface area contributed by atoms with Crippen LogP contribution < -0.4 is 5.73 Å². The summed E-state index contributed by atoms with van der Waals surface area (Å²) in [7, 11) is 2.10. The first-order valence-electron chi connectivity index (χ1n) is 7.53. The van der Waals surface area contributed by atoms with Gasteiger partial charge in [-0.3, -0.25) is 4.90 Å². The van der Waals surface area contributed by atoms with Crippen LogP contribution in [-0.2, 0) is 6.54 Å². The van der Waals surface area contributed by atoms with E-state index in [1.54, 1.807) is 6.07 Å². The van der Waals surface area contributed by atoms with E-state index in [1.807, 2.05) is 12.1 Å². The van der Waals surface area contributed by atoms with Crippen LogP contribution in [0, 0.1) is 11.7 Å². The standard InChI is InChI=1S/C16H24FN3/c1-19(10-13-4-2-3-5-15(13)17)16(12-18)7-9-20-8-6-14(16)11-20/h2-5,14H,6-12,18H2,1H3. The number of nitrogens with two attached hydrogens (primary N) is 1. The molecule has 2 heterocycles. The number of rotatable bonds is 4. The zero-order valence-corrected chi connectivity index (χ0v) is 12.2. The fourth-order valence-corrected chi connectivity index (χ4v) is 4.00. The van der Waals surface area contributed by atoms with Crippen molar-refractivity contribution in [1.82, 2.24) is 9.80 Å². The van der Waals surface area contributed by atoms with Crippen LogP contribution in [0.5, 0.6) is 0 Å². The van der Waals surface area contributed by atoms with E-state index in [9.17, 15) is 4.39 Å². The zero-order valence-electron chi connectivity index (χ0n) is 12.2. The highest BCUT2D eigenvalue weighted by atomic mass is 19.1. The van der Waals surface area contributed by atoms with E-state index in [2.05, 4.69) is 16.8 Å². The van der Waals surface area contributed by atoms with Crippen molar-refractivity contribution in [3.63, 3.8) is 0 Å². The van der Waals surface area contributed by atoms with Crippen molar-refractivity contribution >= 4 is 0 Å². The Balaban J connectivity index is 1.80. The molecule has 0 spiro atoms. The van der Waals surface area contributed by atoms with E-state index < -0.39 is 0 Å². The van der Waals surface area contributed by atoms with Gasteiger partial charge in [0.05, 0.1) is 0 Å². The number of benzene rings is 1. The molecule has 3 rings (SSSR count). The quantitative estimate of drug-likeness (QED) is 0.909. The fraction of sp³-hybridized carbons (Fsp3) is 0.625. The normalized spacial score (nSPS) is 32.8. The van der Waals surface area contributed by atoms with Crippen LogP contribution >= 0.6 is 0 Å². The molecule has 3 nitrogen and oxygen atoms in total. The summed E-state index contributed by atoms with van der Waals surface area (Å²) >= 11 is 0. The average Bonchev–Trinajstić information content (AvgIpc) is 2.86. The third-order valence-corrected chi connectivity index (χ3v) is 5.37. The first-order valence-corrected chi connectivity index (χ1v) is 7.53. The van der Waals surface area contributed by atoms with Crippen LogP contribution in [0.4, 0.5) is 4.39 Å². The summed E-state index contributed by atoms with van der Waals surface area (Å²) in [4.78, 5) is 4.83. The van der Waals surface area contributed by atoms with Crippen LogP contribution in [0.1, 0.15) is 18.4 Å². The third kappa shape index (κ3) is 2.26. The molecular weight excluding hydrogens is 253 g/mol. The lowest BCUT2D eigenvalue weighted by atomic mass is 9.77. The molecule has 3 unspecified atom stereocenters. The van der Waals surface area contributed by atoms with Gasteiger partial charge < -0.3 is 10.6 Å². The van der Waals surface area contributed by atoms with Crippen molar-refractivity contribution in [3.8, 4) is 0 Å². The molecule has 1 aromatic rings. The number of likely N-dealkylation sites (N-methyl/N-ethyl adjacent to an activating group) is 1. The van der Waals surface area contributed by atoms with Gasteiger partial charge >= 0.3 is 0 Å². The van der Waals surface area contributed by atoms with Gasteiger partial charge in [0.1, 0.15) is 5.82 Å². The number of hydrogen-bond donors (Lipinski definition) is 1. The molecule has 0 aliphatic carbocycles. The Kier molecular flexibility index (Phi) is 3.80. The lowest BCUT2D eigenvalue weighted by Gasteiger charge is -2.48. The summed E-state index contributed by atoms with van der Waals surface area (Å²) in [6.07, 6.45) is 2.32. The number of piperidine rings is 1. The van der Waals surface area contributed by atoms with Gasteiger partial charge in [0.2, 0.25) is 0 Å². The van der Waals surface area contributed by atoms with Gasteiger partial charge in [-0.05, 0) is 45.0 Å².